The fraction of sp³-hybridized carbons (Fsp3) is 0.462. The number of nitrogens with zero attached hydrogens (tertiary/aromatic N) is 1. The molecule has 1 atom stereocenters. The van der Waals surface area contributed by atoms with Crippen LogP contribution in [0.1, 0.15) is 74.8 Å². The van der Waals surface area contributed by atoms with Crippen molar-refractivity contribution in [2.45, 2.75) is 72.3 Å². The summed E-state index contributed by atoms with van der Waals surface area (Å²) in [7, 11) is 1.45. The summed E-state index contributed by atoms with van der Waals surface area (Å²) in [5.41, 5.74) is 5.51. The molecule has 0 radical (unpaired) electrons. The number of benzene rings is 2. The maximum absolute atomic E-state index is 12.7. The first-order valence-corrected chi connectivity index (χ1v) is 10.8. The Morgan fingerprint density at radius 1 is 1.10 bits per heavy atom. The molecule has 0 bridgehead atoms. The second-order valence-electron chi connectivity index (χ2n) is 8.03. The van der Waals surface area contributed by atoms with Crippen molar-refractivity contribution in [2.24, 2.45) is 5.16 Å². The number of rotatable bonds is 10. The molecule has 30 heavy (non-hydrogen) atoms. The number of esters is 1. The normalized spacial score (nSPS) is 13.6. The third-order valence-corrected chi connectivity index (χ3v) is 5.86. The van der Waals surface area contributed by atoms with Crippen LogP contribution in [-0.4, -0.2) is 18.8 Å². The van der Waals surface area contributed by atoms with Crippen molar-refractivity contribution < 1.29 is 14.4 Å². The molecule has 0 aliphatic carbocycles. The monoisotopic (exact) mass is 409 g/mol. The van der Waals surface area contributed by atoms with E-state index in [1.54, 1.807) is 0 Å². The van der Waals surface area contributed by atoms with Crippen molar-refractivity contribution in [3.05, 3.63) is 70.3 Å². The van der Waals surface area contributed by atoms with Crippen LogP contribution in [0.2, 0.25) is 0 Å². The summed E-state index contributed by atoms with van der Waals surface area (Å²) in [6, 6.07) is 14.4. The lowest BCUT2D eigenvalue weighted by molar-refractivity contribution is -0.147. The summed E-state index contributed by atoms with van der Waals surface area (Å²) in [5.74, 6) is -0.210. The lowest BCUT2D eigenvalue weighted by Gasteiger charge is -2.30. The highest BCUT2D eigenvalue weighted by molar-refractivity contribution is 5.98. The molecule has 1 unspecified atom stereocenters. The topological polar surface area (TPSA) is 47.9 Å². The Kier molecular flexibility index (Phi) is 8.64. The fourth-order valence-electron chi connectivity index (χ4n) is 3.74. The Hall–Kier alpha value is -2.62. The summed E-state index contributed by atoms with van der Waals surface area (Å²) in [6.07, 6.45) is 3.72. The summed E-state index contributed by atoms with van der Waals surface area (Å²) in [4.78, 5) is 18.5. The summed E-state index contributed by atoms with van der Waals surface area (Å²) in [6.45, 7) is 10.5. The quantitative estimate of drug-likeness (QED) is 0.270. The number of carbonyl (C=O) groups is 1. The minimum Gasteiger partial charge on any atom is -0.468 e. The van der Waals surface area contributed by atoms with E-state index in [1.807, 2.05) is 39.0 Å². The molecule has 4 nitrogen and oxygen atoms in total. The number of aryl methyl sites for hydroxylation is 2. The van der Waals surface area contributed by atoms with Gasteiger partial charge in [-0.3, -0.25) is 4.79 Å². The molecule has 2 aromatic rings. The Balaban J connectivity index is 2.28. The van der Waals surface area contributed by atoms with Gasteiger partial charge >= 0.3 is 5.97 Å². The molecular weight excluding hydrogens is 374 g/mol. The highest BCUT2D eigenvalue weighted by atomic mass is 16.6. The predicted molar refractivity (Wildman–Crippen MR) is 123 cm³/mol. The van der Waals surface area contributed by atoms with Gasteiger partial charge in [0.15, 0.2) is 0 Å². The van der Waals surface area contributed by atoms with E-state index in [9.17, 15) is 4.79 Å². The largest absolute Gasteiger partial charge is 0.468 e. The molecule has 0 amide bonds. The minimum atomic E-state index is -0.704. The molecule has 0 saturated carbocycles. The van der Waals surface area contributed by atoms with Crippen molar-refractivity contribution in [1.29, 1.82) is 0 Å². The smallest absolute Gasteiger partial charge is 0.316 e. The van der Waals surface area contributed by atoms with Gasteiger partial charge in [0.25, 0.3) is 0 Å². The van der Waals surface area contributed by atoms with Crippen LogP contribution in [0.4, 0.5) is 0 Å². The first-order chi connectivity index (χ1) is 14.4. The maximum Gasteiger partial charge on any atom is 0.316 e. The van der Waals surface area contributed by atoms with Crippen molar-refractivity contribution in [2.75, 3.05) is 7.11 Å². The van der Waals surface area contributed by atoms with Crippen LogP contribution in [0.15, 0.2) is 47.6 Å². The van der Waals surface area contributed by atoms with Crippen molar-refractivity contribution in [1.82, 2.24) is 0 Å². The number of carbonyl (C=O) groups excluding carboxylic acids is 1. The van der Waals surface area contributed by atoms with Crippen LogP contribution in [0.3, 0.4) is 0 Å². The molecule has 0 saturated heterocycles. The van der Waals surface area contributed by atoms with Crippen LogP contribution in [0, 0.1) is 6.92 Å². The van der Waals surface area contributed by atoms with Crippen LogP contribution in [0.25, 0.3) is 0 Å². The highest BCUT2D eigenvalue weighted by Gasteiger charge is 2.37. The minimum absolute atomic E-state index is 0.210. The molecular formula is C26H35NO3. The zero-order chi connectivity index (χ0) is 22.1. The summed E-state index contributed by atoms with van der Waals surface area (Å²) >= 11 is 0. The number of unbranched alkanes of at least 4 members (excludes halogenated alkanes) is 1. The third kappa shape index (κ3) is 5.50. The summed E-state index contributed by atoms with van der Waals surface area (Å²) < 4.78 is 5.17. The second-order valence-corrected chi connectivity index (χ2v) is 8.03. The average molecular weight is 410 g/mol. The SMILES string of the molecule is CCCCC(C)(C(=O)OC)c1cccc(C)c1CO/N=C(\C)c1ccc(CC)cc1. The first-order valence-electron chi connectivity index (χ1n) is 10.8. The molecule has 0 fully saturated rings. The van der Waals surface area contributed by atoms with Gasteiger partial charge in [0.2, 0.25) is 0 Å². The maximum atomic E-state index is 12.7. The van der Waals surface area contributed by atoms with Gasteiger partial charge < -0.3 is 9.57 Å². The standard InChI is InChI=1S/C26H35NO3/c1-7-9-17-26(5,25(28)29-6)24-12-10-11-19(3)23(24)18-30-27-20(4)22-15-13-21(8-2)14-16-22/h10-16H,7-9,17-18H2,1-6H3/b27-20+. The molecule has 0 aliphatic heterocycles. The predicted octanol–water partition coefficient (Wildman–Crippen LogP) is 6.12. The summed E-state index contributed by atoms with van der Waals surface area (Å²) in [5, 5.41) is 4.34. The Bertz CT molecular complexity index is 870. The van der Waals surface area contributed by atoms with E-state index in [-0.39, 0.29) is 5.97 Å². The van der Waals surface area contributed by atoms with Gasteiger partial charge in [0.1, 0.15) is 6.61 Å². The Labute approximate surface area is 181 Å². The third-order valence-electron chi connectivity index (χ3n) is 5.86. The van der Waals surface area contributed by atoms with Gasteiger partial charge in [0.05, 0.1) is 18.2 Å². The lowest BCUT2D eigenvalue weighted by atomic mass is 9.75. The molecule has 4 heteroatoms. The van der Waals surface area contributed by atoms with E-state index in [0.717, 1.165) is 53.6 Å². The molecule has 0 N–H and O–H groups in total. The zero-order valence-electron chi connectivity index (χ0n) is 19.2. The van der Waals surface area contributed by atoms with Crippen molar-refractivity contribution in [3.63, 3.8) is 0 Å². The molecule has 0 spiro atoms. The average Bonchev–Trinajstić information content (AvgIpc) is 2.77. The molecule has 0 aliphatic rings. The van der Waals surface area contributed by atoms with Crippen LogP contribution < -0.4 is 0 Å². The second kappa shape index (κ2) is 11.0. The van der Waals surface area contributed by atoms with Gasteiger partial charge in [-0.25, -0.2) is 0 Å². The zero-order valence-corrected chi connectivity index (χ0v) is 19.2. The van der Waals surface area contributed by atoms with Crippen molar-refractivity contribution in [3.8, 4) is 0 Å². The fourth-order valence-corrected chi connectivity index (χ4v) is 3.74. The number of hydrogen-bond acceptors (Lipinski definition) is 4. The Morgan fingerprint density at radius 2 is 1.80 bits per heavy atom. The van der Waals surface area contributed by atoms with E-state index >= 15 is 0 Å². The van der Waals surface area contributed by atoms with E-state index in [1.165, 1.54) is 12.7 Å². The van der Waals surface area contributed by atoms with Gasteiger partial charge in [-0.15, -0.1) is 0 Å². The van der Waals surface area contributed by atoms with E-state index in [4.69, 9.17) is 9.57 Å². The van der Waals surface area contributed by atoms with Gasteiger partial charge in [-0.2, -0.15) is 0 Å². The molecule has 0 aromatic heterocycles. The first kappa shape index (κ1) is 23.7. The molecule has 2 aromatic carbocycles. The van der Waals surface area contributed by atoms with E-state index in [2.05, 4.69) is 43.3 Å². The molecule has 0 heterocycles. The van der Waals surface area contributed by atoms with Crippen LogP contribution in [-0.2, 0) is 32.8 Å². The van der Waals surface area contributed by atoms with Gasteiger partial charge in [-0.05, 0) is 61.4 Å². The van der Waals surface area contributed by atoms with Gasteiger partial charge in [0, 0.05) is 0 Å². The number of oxime groups is 1. The lowest BCUT2D eigenvalue weighted by Crippen LogP contribution is -2.35. The van der Waals surface area contributed by atoms with Crippen molar-refractivity contribution >= 4 is 11.7 Å². The van der Waals surface area contributed by atoms with E-state index < -0.39 is 5.41 Å². The van der Waals surface area contributed by atoms with E-state index in [0.29, 0.717) is 6.61 Å². The van der Waals surface area contributed by atoms with Gasteiger partial charge in [-0.1, -0.05) is 74.3 Å². The van der Waals surface area contributed by atoms with Crippen LogP contribution >= 0.6 is 0 Å². The Morgan fingerprint density at radius 3 is 2.40 bits per heavy atom. The molecule has 162 valence electrons. The van der Waals surface area contributed by atoms with Crippen LogP contribution in [0.5, 0.6) is 0 Å². The molecule has 2 rings (SSSR count). The number of ether oxygens (including phenoxy) is 1. The highest BCUT2D eigenvalue weighted by Crippen LogP contribution is 2.35. The number of hydrogen-bond donors (Lipinski definition) is 0. The number of methoxy groups -OCH3 is 1.